The van der Waals surface area contributed by atoms with E-state index in [1.165, 1.54) is 6.42 Å². The summed E-state index contributed by atoms with van der Waals surface area (Å²) in [7, 11) is 3.97. The second-order valence-corrected chi connectivity index (χ2v) is 6.59. The van der Waals surface area contributed by atoms with Crippen molar-refractivity contribution in [2.45, 2.75) is 45.3 Å². The summed E-state index contributed by atoms with van der Waals surface area (Å²) in [6, 6.07) is 0.468. The lowest BCUT2D eigenvalue weighted by Crippen LogP contribution is -2.68. The summed E-state index contributed by atoms with van der Waals surface area (Å²) < 4.78 is 5.85. The molecule has 2 fully saturated rings. The summed E-state index contributed by atoms with van der Waals surface area (Å²) in [6.45, 7) is 10.3. The van der Waals surface area contributed by atoms with Gasteiger partial charge in [0.1, 0.15) is 0 Å². The summed E-state index contributed by atoms with van der Waals surface area (Å²) in [4.78, 5) is 6.64. The molecule has 1 N–H and O–H groups in total. The Labute approximate surface area is 123 Å². The lowest BCUT2D eigenvalue weighted by atomic mass is 9.57. The van der Waals surface area contributed by atoms with Crippen molar-refractivity contribution in [3.8, 4) is 0 Å². The molecule has 1 aliphatic heterocycles. The Hall–Kier alpha value is -1.03. The van der Waals surface area contributed by atoms with Crippen LogP contribution in [0.3, 0.4) is 0 Å². The molecule has 4 heteroatoms. The van der Waals surface area contributed by atoms with Crippen LogP contribution >= 0.6 is 0 Å². The number of guanidine groups is 1. The molecule has 0 radical (unpaired) electrons. The van der Waals surface area contributed by atoms with Crippen molar-refractivity contribution < 1.29 is 4.74 Å². The summed E-state index contributed by atoms with van der Waals surface area (Å²) in [5.74, 6) is 1.64. The first-order valence-electron chi connectivity index (χ1n) is 7.69. The third-order valence-corrected chi connectivity index (χ3v) is 4.86. The molecule has 0 amide bonds. The van der Waals surface area contributed by atoms with Crippen molar-refractivity contribution in [2.75, 3.05) is 27.2 Å². The Morgan fingerprint density at radius 3 is 2.95 bits per heavy atom. The third kappa shape index (κ3) is 2.71. The van der Waals surface area contributed by atoms with E-state index in [1.807, 2.05) is 13.1 Å². The largest absolute Gasteiger partial charge is 0.377 e. The van der Waals surface area contributed by atoms with E-state index in [4.69, 9.17) is 4.74 Å². The second-order valence-electron chi connectivity index (χ2n) is 6.59. The molecule has 1 heterocycles. The van der Waals surface area contributed by atoms with Crippen LogP contribution in [0.2, 0.25) is 0 Å². The molecule has 0 bridgehead atoms. The minimum absolute atomic E-state index is 0.194. The summed E-state index contributed by atoms with van der Waals surface area (Å²) >= 11 is 0. The zero-order chi connectivity index (χ0) is 14.8. The second kappa shape index (κ2) is 6.17. The van der Waals surface area contributed by atoms with Gasteiger partial charge in [-0.3, -0.25) is 4.99 Å². The normalized spacial score (nSPS) is 31.4. The van der Waals surface area contributed by atoms with Gasteiger partial charge < -0.3 is 15.0 Å². The fraction of sp³-hybridized carbons (Fsp3) is 0.812. The first-order valence-corrected chi connectivity index (χ1v) is 7.69. The molecule has 0 aromatic heterocycles. The Bertz CT molecular complexity index is 378. The molecule has 1 saturated heterocycles. The van der Waals surface area contributed by atoms with E-state index in [2.05, 4.69) is 42.7 Å². The Morgan fingerprint density at radius 2 is 2.30 bits per heavy atom. The van der Waals surface area contributed by atoms with Gasteiger partial charge in [-0.25, -0.2) is 0 Å². The van der Waals surface area contributed by atoms with Crippen molar-refractivity contribution in [3.05, 3.63) is 12.7 Å². The highest BCUT2D eigenvalue weighted by Gasteiger charge is 2.59. The van der Waals surface area contributed by atoms with E-state index in [9.17, 15) is 0 Å². The zero-order valence-corrected chi connectivity index (χ0v) is 13.4. The average Bonchev–Trinajstić information content (AvgIpc) is 2.86. The average molecular weight is 279 g/mol. The van der Waals surface area contributed by atoms with Crippen LogP contribution in [-0.2, 0) is 4.74 Å². The van der Waals surface area contributed by atoms with E-state index in [-0.39, 0.29) is 5.41 Å². The molecular formula is C16H29N3O. The summed E-state index contributed by atoms with van der Waals surface area (Å²) in [5, 5.41) is 3.66. The molecule has 3 unspecified atom stereocenters. The molecule has 4 nitrogen and oxygen atoms in total. The molecule has 1 saturated carbocycles. The van der Waals surface area contributed by atoms with Gasteiger partial charge in [-0.15, -0.1) is 6.58 Å². The van der Waals surface area contributed by atoms with Crippen LogP contribution in [-0.4, -0.2) is 50.3 Å². The van der Waals surface area contributed by atoms with Gasteiger partial charge >= 0.3 is 0 Å². The van der Waals surface area contributed by atoms with Crippen LogP contribution in [0.25, 0.3) is 0 Å². The number of unbranched alkanes of at least 4 members (excludes halogenated alkanes) is 1. The number of nitrogens with one attached hydrogen (secondary N) is 1. The number of hydrogen-bond acceptors (Lipinski definition) is 2. The van der Waals surface area contributed by atoms with Gasteiger partial charge in [0.15, 0.2) is 5.96 Å². The van der Waals surface area contributed by atoms with E-state index >= 15 is 0 Å². The molecule has 20 heavy (non-hydrogen) atoms. The van der Waals surface area contributed by atoms with E-state index in [1.54, 1.807) is 0 Å². The summed E-state index contributed by atoms with van der Waals surface area (Å²) in [6.07, 6.45) is 5.73. The minimum atomic E-state index is 0.194. The van der Waals surface area contributed by atoms with E-state index in [0.717, 1.165) is 32.0 Å². The SMILES string of the molecule is C=CCCCN(C)C(=NC)NC1C2CCOC2C1(C)C. The maximum atomic E-state index is 5.85. The fourth-order valence-corrected chi connectivity index (χ4v) is 3.68. The monoisotopic (exact) mass is 279 g/mol. The van der Waals surface area contributed by atoms with Crippen molar-refractivity contribution in [1.29, 1.82) is 0 Å². The van der Waals surface area contributed by atoms with Gasteiger partial charge in [-0.1, -0.05) is 19.9 Å². The van der Waals surface area contributed by atoms with E-state index in [0.29, 0.717) is 18.1 Å². The molecule has 0 aromatic carbocycles. The van der Waals surface area contributed by atoms with E-state index < -0.39 is 0 Å². The van der Waals surface area contributed by atoms with Crippen LogP contribution in [0.15, 0.2) is 17.6 Å². The van der Waals surface area contributed by atoms with Crippen LogP contribution in [0.5, 0.6) is 0 Å². The zero-order valence-electron chi connectivity index (χ0n) is 13.4. The molecule has 114 valence electrons. The van der Waals surface area contributed by atoms with Crippen LogP contribution in [0, 0.1) is 11.3 Å². The van der Waals surface area contributed by atoms with Crippen LogP contribution in [0.1, 0.15) is 33.1 Å². The summed E-state index contributed by atoms with van der Waals surface area (Å²) in [5.41, 5.74) is 0.194. The predicted molar refractivity (Wildman–Crippen MR) is 84.0 cm³/mol. The van der Waals surface area contributed by atoms with Crippen molar-refractivity contribution in [1.82, 2.24) is 10.2 Å². The molecule has 1 aliphatic carbocycles. The first kappa shape index (κ1) is 15.4. The molecule has 3 atom stereocenters. The van der Waals surface area contributed by atoms with Gasteiger partial charge in [0.2, 0.25) is 0 Å². The van der Waals surface area contributed by atoms with Gasteiger partial charge in [-0.05, 0) is 19.3 Å². The highest BCUT2D eigenvalue weighted by molar-refractivity contribution is 5.80. The number of ether oxygens (including phenoxy) is 1. The Balaban J connectivity index is 1.92. The standard InChI is InChI=1S/C16H29N3O/c1-6-7-8-10-19(5)15(17-4)18-13-12-9-11-20-14(12)16(13,2)3/h6,12-14H,1,7-11H2,2-5H3,(H,17,18). The lowest BCUT2D eigenvalue weighted by molar-refractivity contribution is -0.107. The highest BCUT2D eigenvalue weighted by Crippen LogP contribution is 2.52. The van der Waals surface area contributed by atoms with Crippen LogP contribution in [0.4, 0.5) is 0 Å². The maximum Gasteiger partial charge on any atom is 0.193 e. The number of rotatable bonds is 5. The lowest BCUT2D eigenvalue weighted by Gasteiger charge is -2.55. The molecule has 0 spiro atoms. The predicted octanol–water partition coefficient (Wildman–Crippen LogP) is 2.27. The van der Waals surface area contributed by atoms with Gasteiger partial charge in [0.25, 0.3) is 0 Å². The highest BCUT2D eigenvalue weighted by atomic mass is 16.5. The fourth-order valence-electron chi connectivity index (χ4n) is 3.68. The van der Waals surface area contributed by atoms with Crippen molar-refractivity contribution in [3.63, 3.8) is 0 Å². The molecule has 2 aliphatic rings. The number of hydrogen-bond donors (Lipinski definition) is 1. The third-order valence-electron chi connectivity index (χ3n) is 4.86. The number of nitrogens with zero attached hydrogens (tertiary/aromatic N) is 2. The number of allylic oxidation sites excluding steroid dienone is 1. The maximum absolute atomic E-state index is 5.85. The quantitative estimate of drug-likeness (QED) is 0.363. The first-order chi connectivity index (χ1) is 9.52. The van der Waals surface area contributed by atoms with Gasteiger partial charge in [0, 0.05) is 44.6 Å². The Kier molecular flexibility index (Phi) is 4.74. The molecule has 0 aromatic rings. The molecule has 2 rings (SSSR count). The van der Waals surface area contributed by atoms with Crippen molar-refractivity contribution >= 4 is 5.96 Å². The van der Waals surface area contributed by atoms with Crippen LogP contribution < -0.4 is 5.32 Å². The number of fused-ring (bicyclic) bond motifs is 1. The van der Waals surface area contributed by atoms with Gasteiger partial charge in [-0.2, -0.15) is 0 Å². The molecular weight excluding hydrogens is 250 g/mol. The smallest absolute Gasteiger partial charge is 0.193 e. The number of aliphatic imine (C=N–C) groups is 1. The van der Waals surface area contributed by atoms with Gasteiger partial charge in [0.05, 0.1) is 6.10 Å². The Morgan fingerprint density at radius 1 is 1.55 bits per heavy atom. The minimum Gasteiger partial charge on any atom is -0.377 e. The van der Waals surface area contributed by atoms with Crippen molar-refractivity contribution in [2.24, 2.45) is 16.3 Å². The topological polar surface area (TPSA) is 36.9 Å².